The van der Waals surface area contributed by atoms with Gasteiger partial charge in [-0.25, -0.2) is 4.98 Å². The molecule has 0 fully saturated rings. The quantitative estimate of drug-likeness (QED) is 0.122. The second-order valence-electron chi connectivity index (χ2n) is 22.2. The van der Waals surface area contributed by atoms with Crippen LogP contribution in [0, 0.1) is 0 Å². The molecule has 0 aliphatic rings. The van der Waals surface area contributed by atoms with Crippen molar-refractivity contribution in [3.8, 4) is 17.3 Å². The van der Waals surface area contributed by atoms with Crippen molar-refractivity contribution in [2.75, 3.05) is 14.7 Å². The lowest BCUT2D eigenvalue weighted by Crippen LogP contribution is -2.15. The molecule has 0 amide bonds. The summed E-state index contributed by atoms with van der Waals surface area (Å²) < 4.78 is 7.03. The molecule has 17 aromatic rings. The third-order valence-corrected chi connectivity index (χ3v) is 17.1. The number of benzene rings is 13. The summed E-state index contributed by atoms with van der Waals surface area (Å²) in [5.41, 5.74) is 17.7. The summed E-state index contributed by atoms with van der Waals surface area (Å²) in [4.78, 5) is 18.6. The van der Waals surface area contributed by atoms with Gasteiger partial charge in [-0.15, -0.1) is 0 Å². The first kappa shape index (κ1) is 50.5. The summed E-state index contributed by atoms with van der Waals surface area (Å²) in [5, 5.41) is 7.71. The fourth-order valence-electron chi connectivity index (χ4n) is 13.3. The van der Waals surface area contributed by atoms with Crippen LogP contribution in [0.25, 0.3) is 93.6 Å². The Hall–Kier alpha value is -12.0. The molecule has 0 bridgehead atoms. The molecule has 0 saturated carbocycles. The number of fused-ring (bicyclic) bond motifs is 10. The van der Waals surface area contributed by atoms with Gasteiger partial charge in [-0.2, -0.15) is 4.98 Å². The fourth-order valence-corrected chi connectivity index (χ4v) is 13.3. The molecule has 0 unspecified atom stereocenters. The highest BCUT2D eigenvalue weighted by atomic mass is 15.3. The summed E-state index contributed by atoms with van der Waals surface area (Å²) in [6.07, 6.45) is 0. The molecular formula is C80H54N8. The number of hydrogen-bond donors (Lipinski definition) is 0. The maximum Gasteiger partial charge on any atom is 0.237 e. The van der Waals surface area contributed by atoms with Gasteiger partial charge in [0.15, 0.2) is 5.82 Å². The molecule has 0 saturated heterocycles. The summed E-state index contributed by atoms with van der Waals surface area (Å²) in [7, 11) is 0. The van der Waals surface area contributed by atoms with Crippen LogP contribution in [-0.2, 0) is 0 Å². The number of aromatic nitrogens is 5. The van der Waals surface area contributed by atoms with E-state index in [2.05, 4.69) is 356 Å². The first-order valence-corrected chi connectivity index (χ1v) is 29.8. The van der Waals surface area contributed by atoms with Gasteiger partial charge in [-0.05, 0) is 158 Å². The van der Waals surface area contributed by atoms with E-state index in [0.29, 0.717) is 5.95 Å². The monoisotopic (exact) mass is 1130 g/mol. The van der Waals surface area contributed by atoms with Gasteiger partial charge < -0.3 is 18.9 Å². The van der Waals surface area contributed by atoms with Crippen LogP contribution >= 0.6 is 0 Å². The smallest absolute Gasteiger partial charge is 0.237 e. The molecule has 4 aromatic heterocycles. The van der Waals surface area contributed by atoms with Crippen molar-refractivity contribution < 1.29 is 0 Å². The average Bonchev–Trinajstić information content (AvgIpc) is 1.72. The molecule has 8 nitrogen and oxygen atoms in total. The van der Waals surface area contributed by atoms with Crippen LogP contribution < -0.4 is 14.7 Å². The lowest BCUT2D eigenvalue weighted by Gasteiger charge is -2.27. The number of nitrogens with zero attached hydrogens (tertiary/aromatic N) is 8. The van der Waals surface area contributed by atoms with E-state index in [1.807, 2.05) is 0 Å². The van der Waals surface area contributed by atoms with Crippen LogP contribution in [0.2, 0.25) is 0 Å². The fraction of sp³-hybridized carbons (Fsp3) is 0. The summed E-state index contributed by atoms with van der Waals surface area (Å²) in [5.74, 6) is 1.30. The molecule has 0 radical (unpaired) electrons. The number of rotatable bonds is 12. The van der Waals surface area contributed by atoms with Gasteiger partial charge >= 0.3 is 0 Å². The van der Waals surface area contributed by atoms with Crippen LogP contribution in [0.4, 0.5) is 51.3 Å². The maximum absolute atomic E-state index is 5.94. The highest BCUT2D eigenvalue weighted by Crippen LogP contribution is 2.46. The van der Waals surface area contributed by atoms with Crippen molar-refractivity contribution >= 4 is 128 Å². The third-order valence-electron chi connectivity index (χ3n) is 17.1. The van der Waals surface area contributed by atoms with Gasteiger partial charge in [-0.3, -0.25) is 9.47 Å². The SMILES string of the molecule is c1ccc(N(c2ccccc2)c2ccc3c(c2)c2ccccc2n3-c2nc(N(c3ccccc3)c3ccc4c(c3)c3ccccc3n4-c3ccccc3)c3cc(-n4c5ccccc5c5ccc(N(c6ccccc6)c6ccccc6)cc54)ccc3n2)cc1. The van der Waals surface area contributed by atoms with Gasteiger partial charge in [0, 0.05) is 94.6 Å². The normalized spacial score (nSPS) is 11.6. The molecule has 4 heterocycles. The first-order valence-electron chi connectivity index (χ1n) is 29.8. The van der Waals surface area contributed by atoms with Crippen molar-refractivity contribution in [2.45, 2.75) is 0 Å². The maximum atomic E-state index is 5.94. The highest BCUT2D eigenvalue weighted by Gasteiger charge is 2.26. The number of anilines is 9. The first-order chi connectivity index (χ1) is 43.7. The Morgan fingerprint density at radius 3 is 1.08 bits per heavy atom. The van der Waals surface area contributed by atoms with Gasteiger partial charge in [0.1, 0.15) is 0 Å². The second kappa shape index (κ2) is 21.0. The molecule has 8 heteroatoms. The van der Waals surface area contributed by atoms with Crippen molar-refractivity contribution in [1.82, 2.24) is 23.7 Å². The van der Waals surface area contributed by atoms with Crippen LogP contribution in [0.15, 0.2) is 328 Å². The molecule has 0 aliphatic heterocycles. The van der Waals surface area contributed by atoms with E-state index in [0.717, 1.165) is 128 Å². The van der Waals surface area contributed by atoms with Crippen molar-refractivity contribution in [3.05, 3.63) is 328 Å². The zero-order valence-electron chi connectivity index (χ0n) is 47.8. The molecule has 13 aromatic carbocycles. The number of hydrogen-bond acceptors (Lipinski definition) is 5. The van der Waals surface area contributed by atoms with Crippen LogP contribution in [0.5, 0.6) is 0 Å². The Morgan fingerprint density at radius 1 is 0.205 bits per heavy atom. The van der Waals surface area contributed by atoms with E-state index in [1.165, 1.54) is 10.8 Å². The Bertz CT molecular complexity index is 5370. The van der Waals surface area contributed by atoms with Crippen molar-refractivity contribution in [3.63, 3.8) is 0 Å². The lowest BCUT2D eigenvalue weighted by molar-refractivity contribution is 0.999. The Kier molecular flexibility index (Phi) is 12.0. The lowest BCUT2D eigenvalue weighted by atomic mass is 10.1. The predicted octanol–water partition coefficient (Wildman–Crippen LogP) is 21.3. The van der Waals surface area contributed by atoms with E-state index in [4.69, 9.17) is 9.97 Å². The molecule has 414 valence electrons. The Labute approximate surface area is 508 Å². The summed E-state index contributed by atoms with van der Waals surface area (Å²) in [6, 6.07) is 117. The predicted molar refractivity (Wildman–Crippen MR) is 367 cm³/mol. The molecule has 88 heavy (non-hydrogen) atoms. The van der Waals surface area contributed by atoms with Crippen molar-refractivity contribution in [1.29, 1.82) is 0 Å². The summed E-state index contributed by atoms with van der Waals surface area (Å²) >= 11 is 0. The highest BCUT2D eigenvalue weighted by molar-refractivity contribution is 6.14. The molecule has 0 N–H and O–H groups in total. The minimum absolute atomic E-state index is 0.559. The van der Waals surface area contributed by atoms with E-state index in [9.17, 15) is 0 Å². The minimum atomic E-state index is 0.559. The topological polar surface area (TPSA) is 50.3 Å². The summed E-state index contributed by atoms with van der Waals surface area (Å²) in [6.45, 7) is 0. The van der Waals surface area contributed by atoms with Gasteiger partial charge in [0.05, 0.1) is 38.6 Å². The zero-order valence-corrected chi connectivity index (χ0v) is 47.8. The molecule has 0 spiro atoms. The second-order valence-corrected chi connectivity index (χ2v) is 22.2. The van der Waals surface area contributed by atoms with Gasteiger partial charge in [-0.1, -0.05) is 170 Å². The van der Waals surface area contributed by atoms with E-state index in [-0.39, 0.29) is 0 Å². The largest absolute Gasteiger partial charge is 0.310 e. The molecule has 0 aliphatic carbocycles. The zero-order chi connectivity index (χ0) is 58.1. The van der Waals surface area contributed by atoms with Crippen LogP contribution in [0.1, 0.15) is 0 Å². The molecule has 0 atom stereocenters. The van der Waals surface area contributed by atoms with Crippen molar-refractivity contribution in [2.24, 2.45) is 0 Å². The van der Waals surface area contributed by atoms with Crippen LogP contribution in [-0.4, -0.2) is 23.7 Å². The van der Waals surface area contributed by atoms with E-state index >= 15 is 0 Å². The molecule has 17 rings (SSSR count). The van der Waals surface area contributed by atoms with Gasteiger partial charge in [0.2, 0.25) is 5.95 Å². The third kappa shape index (κ3) is 8.37. The van der Waals surface area contributed by atoms with Crippen LogP contribution in [0.3, 0.4) is 0 Å². The van der Waals surface area contributed by atoms with E-state index < -0.39 is 0 Å². The minimum Gasteiger partial charge on any atom is -0.310 e. The molecular weight excluding hydrogens is 1070 g/mol. The standard InChI is InChI=1S/C80H54N8/c1-7-25-55(26-8-1)83(56-27-9-2-10-28-56)61-45-50-77-70(51-61)67-39-21-24-42-75(67)88(77)80-81-72-48-44-63(87-73-40-22-19-37-65(73)68-47-43-64(54-78(68)87)84(57-29-11-3-12-30-57)58-31-13-4-14-32-58)53-71(72)79(82-80)85(59-33-15-5-16-34-59)62-46-49-76-69(52-62)66-38-20-23-41-74(66)86(76)60-35-17-6-18-36-60/h1-54H. The Balaban J connectivity index is 0.926. The number of para-hydroxylation sites is 9. The average molecular weight is 1130 g/mol. The van der Waals surface area contributed by atoms with Gasteiger partial charge in [0.25, 0.3) is 0 Å². The Morgan fingerprint density at radius 2 is 0.568 bits per heavy atom. The van der Waals surface area contributed by atoms with E-state index in [1.54, 1.807) is 0 Å².